The molecule has 1 fully saturated rings. The van der Waals surface area contributed by atoms with Crippen LogP contribution in [-0.2, 0) is 20.7 Å². The lowest BCUT2D eigenvalue weighted by molar-refractivity contribution is -0.140. The number of carbonyl (C=O) groups is 2. The molecule has 1 saturated heterocycles. The standard InChI is InChI=1S/C31H42FN3O4/c1-5-28(31(37)34-15-13-33(14-16-34)17-18-38-4)39-26-10-9-23-11-12-35(29(36)19-22(2)3)30(27(23)21-26)24-7-6-8-25(32)20-24/h6-10,20-22,28,30H,5,11-19H2,1-4H3/t28-,30-/m1/s1. The van der Waals surface area contributed by atoms with E-state index in [1.54, 1.807) is 13.2 Å². The molecule has 2 aliphatic rings. The molecule has 0 radical (unpaired) electrons. The van der Waals surface area contributed by atoms with Gasteiger partial charge in [0.2, 0.25) is 5.91 Å². The van der Waals surface area contributed by atoms with E-state index in [2.05, 4.69) is 4.90 Å². The van der Waals surface area contributed by atoms with Crippen molar-refractivity contribution in [2.24, 2.45) is 5.92 Å². The average Bonchev–Trinajstić information content (AvgIpc) is 2.93. The number of rotatable bonds is 10. The lowest BCUT2D eigenvalue weighted by Gasteiger charge is -2.38. The van der Waals surface area contributed by atoms with E-state index in [4.69, 9.17) is 9.47 Å². The normalized spacial score (nSPS) is 18.7. The second-order valence-electron chi connectivity index (χ2n) is 10.9. The van der Waals surface area contributed by atoms with E-state index in [-0.39, 0.29) is 23.5 Å². The van der Waals surface area contributed by atoms with Gasteiger partial charge in [0.1, 0.15) is 11.6 Å². The molecule has 0 N–H and O–H groups in total. The zero-order valence-electron chi connectivity index (χ0n) is 23.7. The first-order chi connectivity index (χ1) is 18.8. The summed E-state index contributed by atoms with van der Waals surface area (Å²) in [6.45, 7) is 11.1. The zero-order chi connectivity index (χ0) is 27.9. The number of halogens is 1. The Morgan fingerprint density at radius 1 is 1.05 bits per heavy atom. The molecule has 7 nitrogen and oxygen atoms in total. The highest BCUT2D eigenvalue weighted by Crippen LogP contribution is 2.38. The van der Waals surface area contributed by atoms with Crippen molar-refractivity contribution < 1.29 is 23.5 Å². The first-order valence-corrected chi connectivity index (χ1v) is 14.1. The number of hydrogen-bond donors (Lipinski definition) is 0. The summed E-state index contributed by atoms with van der Waals surface area (Å²) in [6, 6.07) is 11.9. The van der Waals surface area contributed by atoms with Crippen LogP contribution in [-0.4, -0.2) is 85.6 Å². The summed E-state index contributed by atoms with van der Waals surface area (Å²) in [5, 5.41) is 0. The third-order valence-electron chi connectivity index (χ3n) is 7.63. The van der Waals surface area contributed by atoms with Crippen LogP contribution in [0.25, 0.3) is 0 Å². The number of amides is 2. The van der Waals surface area contributed by atoms with Crippen LogP contribution in [0.15, 0.2) is 42.5 Å². The maximum Gasteiger partial charge on any atom is 0.263 e. The lowest BCUT2D eigenvalue weighted by Crippen LogP contribution is -2.52. The van der Waals surface area contributed by atoms with E-state index >= 15 is 0 Å². The van der Waals surface area contributed by atoms with Crippen molar-refractivity contribution in [3.8, 4) is 5.75 Å². The Morgan fingerprint density at radius 3 is 2.49 bits per heavy atom. The summed E-state index contributed by atoms with van der Waals surface area (Å²) in [5.41, 5.74) is 2.77. The number of nitrogens with zero attached hydrogens (tertiary/aromatic N) is 3. The monoisotopic (exact) mass is 539 g/mol. The van der Waals surface area contributed by atoms with Gasteiger partial charge < -0.3 is 19.3 Å². The predicted octanol–water partition coefficient (Wildman–Crippen LogP) is 4.29. The van der Waals surface area contributed by atoms with Gasteiger partial charge in [0.25, 0.3) is 5.91 Å². The van der Waals surface area contributed by atoms with E-state index in [0.29, 0.717) is 44.8 Å². The van der Waals surface area contributed by atoms with Crippen molar-refractivity contribution in [3.05, 3.63) is 65.0 Å². The maximum atomic E-state index is 14.3. The molecule has 2 aromatic carbocycles. The average molecular weight is 540 g/mol. The molecule has 0 unspecified atom stereocenters. The van der Waals surface area contributed by atoms with Crippen LogP contribution in [0.1, 0.15) is 56.3 Å². The van der Waals surface area contributed by atoms with Crippen LogP contribution >= 0.6 is 0 Å². The second-order valence-corrected chi connectivity index (χ2v) is 10.9. The van der Waals surface area contributed by atoms with Crippen molar-refractivity contribution in [1.82, 2.24) is 14.7 Å². The van der Waals surface area contributed by atoms with Crippen LogP contribution in [0.2, 0.25) is 0 Å². The Bertz CT molecular complexity index is 1130. The quantitative estimate of drug-likeness (QED) is 0.451. The van der Waals surface area contributed by atoms with Gasteiger partial charge in [-0.05, 0) is 59.7 Å². The summed E-state index contributed by atoms with van der Waals surface area (Å²) in [6.07, 6.45) is 1.10. The minimum Gasteiger partial charge on any atom is -0.481 e. The number of hydrogen-bond acceptors (Lipinski definition) is 5. The minimum absolute atomic E-state index is 0.00275. The molecule has 0 aliphatic carbocycles. The van der Waals surface area contributed by atoms with Crippen molar-refractivity contribution in [2.45, 2.75) is 52.2 Å². The SMILES string of the molecule is CC[C@@H](Oc1ccc2c(c1)[C@@H](c1cccc(F)c1)N(C(=O)CC(C)C)CC2)C(=O)N1CCN(CCOC)CC1. The van der Waals surface area contributed by atoms with E-state index in [1.807, 2.05) is 54.8 Å². The predicted molar refractivity (Wildman–Crippen MR) is 149 cm³/mol. The highest BCUT2D eigenvalue weighted by Gasteiger charge is 2.33. The molecule has 2 aliphatic heterocycles. The van der Waals surface area contributed by atoms with Gasteiger partial charge in [-0.3, -0.25) is 14.5 Å². The minimum atomic E-state index is -0.594. The van der Waals surface area contributed by atoms with E-state index < -0.39 is 12.1 Å². The van der Waals surface area contributed by atoms with Crippen molar-refractivity contribution >= 4 is 11.8 Å². The number of benzene rings is 2. The van der Waals surface area contributed by atoms with Crippen molar-refractivity contribution in [1.29, 1.82) is 0 Å². The molecule has 39 heavy (non-hydrogen) atoms. The molecule has 0 spiro atoms. The first kappa shape index (κ1) is 29.0. The molecule has 2 amide bonds. The summed E-state index contributed by atoms with van der Waals surface area (Å²) in [7, 11) is 1.70. The van der Waals surface area contributed by atoms with Gasteiger partial charge in [0.15, 0.2) is 6.10 Å². The Balaban J connectivity index is 1.55. The number of fused-ring (bicyclic) bond motifs is 1. The molecule has 2 heterocycles. The molecule has 2 aromatic rings. The number of piperazine rings is 1. The molecular weight excluding hydrogens is 497 g/mol. The summed E-state index contributed by atoms with van der Waals surface area (Å²) >= 11 is 0. The summed E-state index contributed by atoms with van der Waals surface area (Å²) in [4.78, 5) is 32.7. The molecule has 0 aromatic heterocycles. The molecule has 0 saturated carbocycles. The highest BCUT2D eigenvalue weighted by molar-refractivity contribution is 5.81. The van der Waals surface area contributed by atoms with Crippen LogP contribution in [0.3, 0.4) is 0 Å². The molecule has 2 atom stereocenters. The van der Waals surface area contributed by atoms with Gasteiger partial charge in [-0.25, -0.2) is 4.39 Å². The van der Waals surface area contributed by atoms with Gasteiger partial charge in [-0.15, -0.1) is 0 Å². The van der Waals surface area contributed by atoms with Gasteiger partial charge in [-0.2, -0.15) is 0 Å². The van der Waals surface area contributed by atoms with Gasteiger partial charge in [0.05, 0.1) is 12.6 Å². The second kappa shape index (κ2) is 13.4. The number of methoxy groups -OCH3 is 1. The fraction of sp³-hybridized carbons (Fsp3) is 0.548. The molecule has 8 heteroatoms. The summed E-state index contributed by atoms with van der Waals surface area (Å²) in [5.74, 6) is 0.536. The molecule has 212 valence electrons. The Hall–Kier alpha value is -2.97. The van der Waals surface area contributed by atoms with Crippen LogP contribution in [0.5, 0.6) is 5.75 Å². The van der Waals surface area contributed by atoms with Crippen molar-refractivity contribution in [3.63, 3.8) is 0 Å². The first-order valence-electron chi connectivity index (χ1n) is 14.1. The van der Waals surface area contributed by atoms with E-state index in [1.165, 1.54) is 12.1 Å². The zero-order valence-corrected chi connectivity index (χ0v) is 23.7. The Morgan fingerprint density at radius 2 is 1.82 bits per heavy atom. The fourth-order valence-corrected chi connectivity index (χ4v) is 5.53. The molecule has 0 bridgehead atoms. The number of carbonyl (C=O) groups excluding carboxylic acids is 2. The topological polar surface area (TPSA) is 62.3 Å². The summed E-state index contributed by atoms with van der Waals surface area (Å²) < 4.78 is 25.8. The van der Waals surface area contributed by atoms with Gasteiger partial charge >= 0.3 is 0 Å². The van der Waals surface area contributed by atoms with Crippen LogP contribution in [0.4, 0.5) is 4.39 Å². The third kappa shape index (κ3) is 7.17. The van der Waals surface area contributed by atoms with Crippen LogP contribution < -0.4 is 4.74 Å². The van der Waals surface area contributed by atoms with E-state index in [0.717, 1.165) is 42.7 Å². The largest absolute Gasteiger partial charge is 0.481 e. The third-order valence-corrected chi connectivity index (χ3v) is 7.63. The maximum absolute atomic E-state index is 14.3. The Labute approximate surface area is 231 Å². The molecule has 4 rings (SSSR count). The lowest BCUT2D eigenvalue weighted by atomic mass is 9.87. The van der Waals surface area contributed by atoms with Crippen LogP contribution in [0, 0.1) is 11.7 Å². The van der Waals surface area contributed by atoms with E-state index in [9.17, 15) is 14.0 Å². The van der Waals surface area contributed by atoms with Gasteiger partial charge in [-0.1, -0.05) is 39.0 Å². The fourth-order valence-electron chi connectivity index (χ4n) is 5.53. The van der Waals surface area contributed by atoms with Gasteiger partial charge in [0, 0.05) is 52.8 Å². The van der Waals surface area contributed by atoms with Crippen molar-refractivity contribution in [2.75, 3.05) is 53.0 Å². The smallest absolute Gasteiger partial charge is 0.263 e. The number of ether oxygens (including phenoxy) is 2. The highest BCUT2D eigenvalue weighted by atomic mass is 19.1. The Kier molecular flexibility index (Phi) is 9.97. The molecular formula is C31H42FN3O4.